The second-order valence-electron chi connectivity index (χ2n) is 4.33. The average molecular weight is 179 g/mol. The minimum absolute atomic E-state index is 0.333. The first-order chi connectivity index (χ1) is 6.34. The molecule has 3 heteroatoms. The molecule has 13 heavy (non-hydrogen) atoms. The second kappa shape index (κ2) is 4.47. The van der Waals surface area contributed by atoms with Gasteiger partial charge in [-0.15, -0.1) is 0 Å². The largest absolute Gasteiger partial charge is 0.362 e. The lowest BCUT2D eigenvalue weighted by atomic mass is 9.71. The first-order valence-corrected chi connectivity index (χ1v) is 5.45. The van der Waals surface area contributed by atoms with Crippen molar-refractivity contribution in [3.63, 3.8) is 0 Å². The van der Waals surface area contributed by atoms with E-state index in [1.165, 1.54) is 32.1 Å². The van der Waals surface area contributed by atoms with Crippen LogP contribution in [0.25, 0.3) is 0 Å². The normalized spacial score (nSPS) is 40.8. The quantitative estimate of drug-likeness (QED) is 0.648. The zero-order valence-electron chi connectivity index (χ0n) is 8.17. The van der Waals surface area contributed by atoms with E-state index in [4.69, 9.17) is 12.6 Å². The molecule has 1 heterocycles. The van der Waals surface area contributed by atoms with E-state index in [-0.39, 0.29) is 0 Å². The Labute approximate surface area is 81.8 Å². The highest BCUT2D eigenvalue weighted by molar-refractivity contribution is 6.11. The fourth-order valence-corrected chi connectivity index (χ4v) is 2.36. The van der Waals surface area contributed by atoms with Crippen molar-refractivity contribution in [1.82, 2.24) is 5.32 Å². The van der Waals surface area contributed by atoms with Gasteiger partial charge in [0.15, 0.2) is 0 Å². The molecule has 2 fully saturated rings. The van der Waals surface area contributed by atoms with Gasteiger partial charge in [-0.25, -0.2) is 0 Å². The molecule has 0 bridgehead atoms. The molecule has 1 saturated heterocycles. The number of ether oxygens (including phenoxy) is 1. The molecule has 0 aromatic rings. The Balaban J connectivity index is 1.69. The summed E-state index contributed by atoms with van der Waals surface area (Å²) < 4.78 is 5.54. The fraction of sp³-hybridized carbons (Fsp3) is 1.00. The number of hydrogen-bond donors (Lipinski definition) is 1. The molecule has 0 spiro atoms. The predicted molar refractivity (Wildman–Crippen MR) is 53.8 cm³/mol. The van der Waals surface area contributed by atoms with E-state index in [0.29, 0.717) is 12.0 Å². The SMILES string of the molecule is [B]C1CCC(CC2NCCO2)CC1. The summed E-state index contributed by atoms with van der Waals surface area (Å²) in [6, 6.07) is 0. The summed E-state index contributed by atoms with van der Waals surface area (Å²) in [5.74, 6) is 1.31. The summed E-state index contributed by atoms with van der Waals surface area (Å²) in [6.07, 6.45) is 6.52. The lowest BCUT2D eigenvalue weighted by Gasteiger charge is -2.27. The third-order valence-corrected chi connectivity index (χ3v) is 3.23. The molecule has 2 radical (unpaired) electrons. The van der Waals surface area contributed by atoms with E-state index in [2.05, 4.69) is 5.32 Å². The van der Waals surface area contributed by atoms with Gasteiger partial charge in [-0.1, -0.05) is 31.5 Å². The van der Waals surface area contributed by atoms with E-state index >= 15 is 0 Å². The first kappa shape index (κ1) is 9.54. The molecule has 1 atom stereocenters. The summed E-state index contributed by atoms with van der Waals surface area (Å²) in [7, 11) is 5.86. The van der Waals surface area contributed by atoms with Crippen LogP contribution in [0.15, 0.2) is 0 Å². The molecule has 2 rings (SSSR count). The molecule has 1 saturated carbocycles. The van der Waals surface area contributed by atoms with Crippen LogP contribution in [0.1, 0.15) is 32.1 Å². The Hall–Kier alpha value is -0.0151. The highest BCUT2D eigenvalue weighted by Crippen LogP contribution is 2.33. The maximum atomic E-state index is 5.86. The van der Waals surface area contributed by atoms with Gasteiger partial charge in [-0.2, -0.15) is 0 Å². The van der Waals surface area contributed by atoms with Crippen LogP contribution >= 0.6 is 0 Å². The van der Waals surface area contributed by atoms with Crippen LogP contribution in [0.5, 0.6) is 0 Å². The van der Waals surface area contributed by atoms with Gasteiger partial charge in [0, 0.05) is 6.54 Å². The van der Waals surface area contributed by atoms with Gasteiger partial charge in [-0.05, 0) is 12.3 Å². The van der Waals surface area contributed by atoms with Gasteiger partial charge in [0.2, 0.25) is 0 Å². The van der Waals surface area contributed by atoms with Gasteiger partial charge in [0.1, 0.15) is 6.23 Å². The minimum Gasteiger partial charge on any atom is -0.362 e. The standard InChI is InChI=1S/C10H18BNO/c11-9-3-1-8(2-4-9)7-10-12-5-6-13-10/h8-10,12H,1-7H2. The van der Waals surface area contributed by atoms with Crippen molar-refractivity contribution in [2.45, 2.75) is 44.1 Å². The van der Waals surface area contributed by atoms with E-state index in [1.54, 1.807) is 0 Å². The lowest BCUT2D eigenvalue weighted by molar-refractivity contribution is 0.0733. The van der Waals surface area contributed by atoms with Crippen molar-refractivity contribution >= 4 is 7.85 Å². The molecule has 1 aliphatic carbocycles. The summed E-state index contributed by atoms with van der Waals surface area (Å²) in [5.41, 5.74) is 0. The summed E-state index contributed by atoms with van der Waals surface area (Å²) in [5, 5.41) is 3.36. The monoisotopic (exact) mass is 179 g/mol. The van der Waals surface area contributed by atoms with Crippen LogP contribution in [-0.4, -0.2) is 27.2 Å². The predicted octanol–water partition coefficient (Wildman–Crippen LogP) is 1.47. The number of hydrogen-bond acceptors (Lipinski definition) is 2. The van der Waals surface area contributed by atoms with Gasteiger partial charge in [0.05, 0.1) is 14.5 Å². The van der Waals surface area contributed by atoms with Gasteiger partial charge < -0.3 is 4.74 Å². The smallest absolute Gasteiger partial charge is 0.108 e. The molecule has 72 valence electrons. The maximum absolute atomic E-state index is 5.86. The number of rotatable bonds is 2. The van der Waals surface area contributed by atoms with Crippen LogP contribution in [0.3, 0.4) is 0 Å². The first-order valence-electron chi connectivity index (χ1n) is 5.45. The molecule has 1 aliphatic heterocycles. The Kier molecular flexibility index (Phi) is 3.28. The molecular weight excluding hydrogens is 161 g/mol. The highest BCUT2D eigenvalue weighted by Gasteiger charge is 2.23. The van der Waals surface area contributed by atoms with E-state index in [1.807, 2.05) is 0 Å². The van der Waals surface area contributed by atoms with E-state index in [9.17, 15) is 0 Å². The van der Waals surface area contributed by atoms with Gasteiger partial charge in [0.25, 0.3) is 0 Å². The molecule has 2 aliphatic rings. The third-order valence-electron chi connectivity index (χ3n) is 3.23. The van der Waals surface area contributed by atoms with Crippen LogP contribution in [0.2, 0.25) is 5.82 Å². The molecule has 0 amide bonds. The zero-order chi connectivity index (χ0) is 9.10. The Bertz CT molecular complexity index is 151. The van der Waals surface area contributed by atoms with Crippen molar-refractivity contribution in [3.05, 3.63) is 0 Å². The molecule has 0 aromatic carbocycles. The maximum Gasteiger partial charge on any atom is 0.108 e. The summed E-state index contributed by atoms with van der Waals surface area (Å²) in [4.78, 5) is 0. The topological polar surface area (TPSA) is 21.3 Å². The van der Waals surface area contributed by atoms with Gasteiger partial charge >= 0.3 is 0 Å². The summed E-state index contributed by atoms with van der Waals surface area (Å²) in [6.45, 7) is 1.91. The fourth-order valence-electron chi connectivity index (χ4n) is 2.36. The van der Waals surface area contributed by atoms with Crippen molar-refractivity contribution in [2.24, 2.45) is 5.92 Å². The van der Waals surface area contributed by atoms with Crippen LogP contribution < -0.4 is 5.32 Å². The molecule has 0 aromatic heterocycles. The minimum atomic E-state index is 0.333. The second-order valence-corrected chi connectivity index (χ2v) is 4.33. The molecule has 1 unspecified atom stereocenters. The van der Waals surface area contributed by atoms with Crippen molar-refractivity contribution in [3.8, 4) is 0 Å². The lowest BCUT2D eigenvalue weighted by Crippen LogP contribution is -2.27. The Morgan fingerprint density at radius 2 is 2.00 bits per heavy atom. The third kappa shape index (κ3) is 2.71. The van der Waals surface area contributed by atoms with E-state index in [0.717, 1.165) is 19.1 Å². The Morgan fingerprint density at radius 1 is 1.23 bits per heavy atom. The van der Waals surface area contributed by atoms with Crippen LogP contribution in [-0.2, 0) is 4.74 Å². The summed E-state index contributed by atoms with van der Waals surface area (Å²) >= 11 is 0. The van der Waals surface area contributed by atoms with Gasteiger partial charge in [-0.3, -0.25) is 5.32 Å². The highest BCUT2D eigenvalue weighted by atomic mass is 16.5. The molecule has 2 nitrogen and oxygen atoms in total. The molecular formula is C10H18BNO. The Morgan fingerprint density at radius 3 is 2.62 bits per heavy atom. The molecule has 1 N–H and O–H groups in total. The average Bonchev–Trinajstić information content (AvgIpc) is 2.62. The van der Waals surface area contributed by atoms with Crippen LogP contribution in [0.4, 0.5) is 0 Å². The van der Waals surface area contributed by atoms with Crippen molar-refractivity contribution in [2.75, 3.05) is 13.2 Å². The zero-order valence-corrected chi connectivity index (χ0v) is 8.17. The van der Waals surface area contributed by atoms with Crippen LogP contribution in [0, 0.1) is 5.92 Å². The van der Waals surface area contributed by atoms with E-state index < -0.39 is 0 Å². The van der Waals surface area contributed by atoms with Crippen molar-refractivity contribution < 1.29 is 4.74 Å². The van der Waals surface area contributed by atoms with Crippen molar-refractivity contribution in [1.29, 1.82) is 0 Å². The number of nitrogens with one attached hydrogen (secondary N) is 1.